The van der Waals surface area contributed by atoms with E-state index in [-0.39, 0.29) is 11.6 Å². The minimum Gasteiger partial charge on any atom is -0.493 e. The standard InChI is InChI=1S/C25H19BrClNO4/c1-15-3-5-16(6-4-15)14-31-23-20(27)11-17(13-22(23)30-2)12-21-25(29)32-24(28-21)18-7-9-19(26)10-8-18/h3-13H,14H2,1-2H3/b21-12-. The molecular formula is C25H19BrClNO4. The topological polar surface area (TPSA) is 57.1 Å². The summed E-state index contributed by atoms with van der Waals surface area (Å²) in [7, 11) is 1.54. The van der Waals surface area contributed by atoms with Gasteiger partial charge in [0.15, 0.2) is 17.2 Å². The third-order valence-electron chi connectivity index (χ3n) is 4.77. The van der Waals surface area contributed by atoms with E-state index in [1.54, 1.807) is 18.2 Å². The van der Waals surface area contributed by atoms with E-state index in [9.17, 15) is 4.79 Å². The molecule has 0 unspecified atom stereocenters. The van der Waals surface area contributed by atoms with Gasteiger partial charge in [-0.05, 0) is 60.5 Å². The van der Waals surface area contributed by atoms with E-state index in [1.165, 1.54) is 12.7 Å². The van der Waals surface area contributed by atoms with Gasteiger partial charge in [-0.1, -0.05) is 57.4 Å². The van der Waals surface area contributed by atoms with Crippen LogP contribution in [-0.4, -0.2) is 19.0 Å². The first kappa shape index (κ1) is 22.1. The van der Waals surface area contributed by atoms with Crippen molar-refractivity contribution in [2.75, 3.05) is 7.11 Å². The van der Waals surface area contributed by atoms with Crippen LogP contribution in [0.4, 0.5) is 0 Å². The van der Waals surface area contributed by atoms with E-state index < -0.39 is 5.97 Å². The molecule has 3 aromatic carbocycles. The van der Waals surface area contributed by atoms with Crippen LogP contribution in [0.25, 0.3) is 6.08 Å². The lowest BCUT2D eigenvalue weighted by atomic mass is 10.1. The quantitative estimate of drug-likeness (QED) is 0.285. The summed E-state index contributed by atoms with van der Waals surface area (Å²) in [5.74, 6) is 0.618. The molecular weight excluding hydrogens is 494 g/mol. The maximum atomic E-state index is 12.3. The lowest BCUT2D eigenvalue weighted by molar-refractivity contribution is -0.129. The molecule has 32 heavy (non-hydrogen) atoms. The van der Waals surface area contributed by atoms with Crippen LogP contribution in [0.15, 0.2) is 75.8 Å². The summed E-state index contributed by atoms with van der Waals surface area (Å²) in [5, 5.41) is 0.367. The second kappa shape index (κ2) is 9.59. The van der Waals surface area contributed by atoms with Gasteiger partial charge in [0.1, 0.15) is 6.61 Å². The van der Waals surface area contributed by atoms with Crippen LogP contribution in [0.2, 0.25) is 5.02 Å². The lowest BCUT2D eigenvalue weighted by Gasteiger charge is -2.13. The summed E-state index contributed by atoms with van der Waals surface area (Å²) in [6, 6.07) is 18.8. The Bertz CT molecular complexity index is 1220. The fraction of sp³-hybridized carbons (Fsp3) is 0.120. The van der Waals surface area contributed by atoms with Gasteiger partial charge in [-0.15, -0.1) is 0 Å². The van der Waals surface area contributed by atoms with E-state index in [0.717, 1.165) is 10.0 Å². The number of carbonyl (C=O) groups excluding carboxylic acids is 1. The highest BCUT2D eigenvalue weighted by atomic mass is 79.9. The van der Waals surface area contributed by atoms with Gasteiger partial charge >= 0.3 is 5.97 Å². The first-order valence-corrected chi connectivity index (χ1v) is 10.9. The van der Waals surface area contributed by atoms with Gasteiger partial charge < -0.3 is 14.2 Å². The molecule has 0 bridgehead atoms. The van der Waals surface area contributed by atoms with Crippen LogP contribution in [0, 0.1) is 6.92 Å². The Hall–Kier alpha value is -3.09. The van der Waals surface area contributed by atoms with Gasteiger partial charge in [0.25, 0.3) is 0 Å². The minimum absolute atomic E-state index is 0.175. The highest BCUT2D eigenvalue weighted by Crippen LogP contribution is 2.38. The molecule has 0 saturated carbocycles. The molecule has 0 aromatic heterocycles. The predicted molar refractivity (Wildman–Crippen MR) is 128 cm³/mol. The van der Waals surface area contributed by atoms with Crippen molar-refractivity contribution in [3.8, 4) is 11.5 Å². The summed E-state index contributed by atoms with van der Waals surface area (Å²) in [6.07, 6.45) is 1.60. The first-order valence-electron chi connectivity index (χ1n) is 9.77. The van der Waals surface area contributed by atoms with E-state index in [2.05, 4.69) is 20.9 Å². The number of cyclic esters (lactones) is 1. The molecule has 0 atom stereocenters. The van der Waals surface area contributed by atoms with Crippen LogP contribution in [0.1, 0.15) is 22.3 Å². The second-order valence-electron chi connectivity index (χ2n) is 7.15. The van der Waals surface area contributed by atoms with E-state index in [0.29, 0.717) is 34.3 Å². The highest BCUT2D eigenvalue weighted by molar-refractivity contribution is 9.10. The molecule has 4 rings (SSSR count). The van der Waals surface area contributed by atoms with Gasteiger partial charge in [-0.3, -0.25) is 0 Å². The van der Waals surface area contributed by atoms with Crippen molar-refractivity contribution in [1.82, 2.24) is 0 Å². The van der Waals surface area contributed by atoms with Crippen molar-refractivity contribution in [2.45, 2.75) is 13.5 Å². The Morgan fingerprint density at radius 2 is 1.81 bits per heavy atom. The molecule has 0 radical (unpaired) electrons. The average molecular weight is 513 g/mol. The maximum absolute atomic E-state index is 12.3. The predicted octanol–water partition coefficient (Wildman–Crippen LogP) is 6.34. The Morgan fingerprint density at radius 3 is 2.50 bits per heavy atom. The molecule has 5 nitrogen and oxygen atoms in total. The van der Waals surface area contributed by atoms with Crippen LogP contribution in [-0.2, 0) is 16.1 Å². The number of esters is 1. The summed E-state index contributed by atoms with van der Waals surface area (Å²) in [6.45, 7) is 2.38. The number of hydrogen-bond acceptors (Lipinski definition) is 5. The number of methoxy groups -OCH3 is 1. The highest BCUT2D eigenvalue weighted by Gasteiger charge is 2.24. The molecule has 162 valence electrons. The van der Waals surface area contributed by atoms with Gasteiger partial charge in [0, 0.05) is 10.0 Å². The number of halogens is 2. The summed E-state index contributed by atoms with van der Waals surface area (Å²) in [4.78, 5) is 16.6. The molecule has 1 heterocycles. The van der Waals surface area contributed by atoms with Gasteiger partial charge in [-0.2, -0.15) is 0 Å². The zero-order valence-corrected chi connectivity index (χ0v) is 19.7. The molecule has 3 aromatic rings. The average Bonchev–Trinajstić information content (AvgIpc) is 3.14. The van der Waals surface area contributed by atoms with Gasteiger partial charge in [0.05, 0.1) is 12.1 Å². The molecule has 0 aliphatic carbocycles. The molecule has 1 aliphatic rings. The Balaban J connectivity index is 1.58. The van der Waals surface area contributed by atoms with E-state index in [4.69, 9.17) is 25.8 Å². The summed E-state index contributed by atoms with van der Waals surface area (Å²) >= 11 is 9.86. The Labute approximate surface area is 199 Å². The van der Waals surface area contributed by atoms with Crippen LogP contribution in [0.3, 0.4) is 0 Å². The van der Waals surface area contributed by atoms with E-state index >= 15 is 0 Å². The number of carbonyl (C=O) groups is 1. The number of aliphatic imine (C=N–C) groups is 1. The van der Waals surface area contributed by atoms with Crippen molar-refractivity contribution < 1.29 is 19.0 Å². The summed E-state index contributed by atoms with van der Waals surface area (Å²) < 4.78 is 17.6. The SMILES string of the molecule is COc1cc(/C=C2\N=C(c3ccc(Br)cc3)OC2=O)cc(Cl)c1OCc1ccc(C)cc1. The normalized spacial score (nSPS) is 14.3. The number of nitrogens with zero attached hydrogens (tertiary/aromatic N) is 1. The minimum atomic E-state index is -0.530. The number of rotatable bonds is 6. The van der Waals surface area contributed by atoms with Crippen LogP contribution >= 0.6 is 27.5 Å². The number of benzene rings is 3. The van der Waals surface area contributed by atoms with Crippen molar-refractivity contribution in [3.63, 3.8) is 0 Å². The lowest BCUT2D eigenvalue weighted by Crippen LogP contribution is -2.05. The van der Waals surface area contributed by atoms with Crippen molar-refractivity contribution in [2.24, 2.45) is 4.99 Å². The third kappa shape index (κ3) is 5.03. The first-order chi connectivity index (χ1) is 15.4. The second-order valence-corrected chi connectivity index (χ2v) is 8.47. The van der Waals surface area contributed by atoms with Crippen molar-refractivity contribution >= 4 is 45.5 Å². The molecule has 0 spiro atoms. The van der Waals surface area contributed by atoms with Crippen LogP contribution in [0.5, 0.6) is 11.5 Å². The fourth-order valence-electron chi connectivity index (χ4n) is 3.09. The van der Waals surface area contributed by atoms with Gasteiger partial charge in [0.2, 0.25) is 5.90 Å². The molecule has 0 fully saturated rings. The van der Waals surface area contributed by atoms with Crippen molar-refractivity contribution in [1.29, 1.82) is 0 Å². The molecule has 7 heteroatoms. The van der Waals surface area contributed by atoms with Gasteiger partial charge in [-0.25, -0.2) is 9.79 Å². The number of hydrogen-bond donors (Lipinski definition) is 0. The summed E-state index contributed by atoms with van der Waals surface area (Å²) in [5.41, 5.74) is 3.72. The van der Waals surface area contributed by atoms with Crippen molar-refractivity contribution in [3.05, 3.63) is 98.1 Å². The Kier molecular flexibility index (Phi) is 6.63. The number of ether oxygens (including phenoxy) is 3. The molecule has 0 saturated heterocycles. The zero-order chi connectivity index (χ0) is 22.7. The third-order valence-corrected chi connectivity index (χ3v) is 5.58. The maximum Gasteiger partial charge on any atom is 0.363 e. The van der Waals surface area contributed by atoms with E-state index in [1.807, 2.05) is 55.5 Å². The number of aryl methyl sites for hydroxylation is 1. The smallest absolute Gasteiger partial charge is 0.363 e. The monoisotopic (exact) mass is 511 g/mol. The molecule has 0 N–H and O–H groups in total. The zero-order valence-electron chi connectivity index (χ0n) is 17.4. The largest absolute Gasteiger partial charge is 0.493 e. The fourth-order valence-corrected chi connectivity index (χ4v) is 3.62. The molecule has 0 amide bonds. The van der Waals surface area contributed by atoms with Crippen LogP contribution < -0.4 is 9.47 Å². The molecule has 1 aliphatic heterocycles. The Morgan fingerprint density at radius 1 is 1.09 bits per heavy atom.